The molecule has 0 saturated carbocycles. The lowest BCUT2D eigenvalue weighted by Gasteiger charge is -2.36. The minimum Gasteiger partial charge on any atom is -0.507 e. The number of aromatic nitrogens is 2. The van der Waals surface area contributed by atoms with E-state index in [4.69, 9.17) is 9.47 Å². The zero-order chi connectivity index (χ0) is 62.8. The number of H-pyrrole nitrogens is 2. The Kier molecular flexibility index (Phi) is 19.2. The molecule has 16 nitrogen and oxygen atoms in total. The Hall–Kier alpha value is -9.72. The Morgan fingerprint density at radius 2 is 0.857 bits per heavy atom. The molecule has 8 aromatic carbocycles. The summed E-state index contributed by atoms with van der Waals surface area (Å²) < 4.78 is 14.6. The minimum atomic E-state index is -1.28. The topological polar surface area (TPSA) is 212 Å². The lowest BCUT2D eigenvalue weighted by molar-refractivity contribution is 0.0682. The second-order valence-electron chi connectivity index (χ2n) is 22.9. The Morgan fingerprint density at radius 1 is 0.440 bits per heavy atom. The van der Waals surface area contributed by atoms with E-state index in [9.17, 15) is 39.6 Å². The lowest BCUT2D eigenvalue weighted by atomic mass is 9.90. The van der Waals surface area contributed by atoms with Crippen molar-refractivity contribution in [2.45, 2.75) is 32.1 Å². The van der Waals surface area contributed by atoms with Crippen LogP contribution in [0.5, 0.6) is 23.0 Å². The summed E-state index contributed by atoms with van der Waals surface area (Å²) in [5, 5.41) is 52.0. The molecule has 0 amide bonds. The third-order valence-corrected chi connectivity index (χ3v) is 18.9. The number of hydrogen-bond donors (Lipinski definition) is 6. The summed E-state index contributed by atoms with van der Waals surface area (Å²) in [6, 6.07) is 53.0. The van der Waals surface area contributed by atoms with Gasteiger partial charge in [-0.2, -0.15) is 0 Å². The van der Waals surface area contributed by atoms with E-state index in [0.29, 0.717) is 45.9 Å². The van der Waals surface area contributed by atoms with Crippen LogP contribution in [0, 0.1) is 0 Å². The third-order valence-electron chi connectivity index (χ3n) is 17.1. The summed E-state index contributed by atoms with van der Waals surface area (Å²) in [5.41, 5.74) is 4.34. The number of unbranched alkanes of at least 4 members (excludes halogenated alkanes) is 2. The van der Waals surface area contributed by atoms with Crippen molar-refractivity contribution in [1.29, 1.82) is 0 Å². The SMILES string of the molecule is O=C(O)c1cc2ccccc2c(Cc2c(O)c(C(=O)O)cc3ccccc23)c1O.O=c1ccc2ccc(OCCCCN3CCN(c4cccc5sccc45)CC3)cc2[nH]1.O=c1ccc2ccc(OCCCCN3CCN(c4cccc5sccc45)CC3)cc2[nH]1. The van der Waals surface area contributed by atoms with Crippen LogP contribution in [0.2, 0.25) is 0 Å². The number of hydrogen-bond acceptors (Lipinski definition) is 14. The van der Waals surface area contributed by atoms with Crippen LogP contribution in [0.1, 0.15) is 57.5 Å². The minimum absolute atomic E-state index is 0.0407. The molecule has 464 valence electrons. The maximum atomic E-state index is 11.6. The summed E-state index contributed by atoms with van der Waals surface area (Å²) in [6.45, 7) is 12.4. The quantitative estimate of drug-likeness (QED) is 0.0441. The molecule has 4 aromatic heterocycles. The fraction of sp³-hybridized carbons (Fsp3) is 0.233. The van der Waals surface area contributed by atoms with Gasteiger partial charge in [0.25, 0.3) is 0 Å². The largest absolute Gasteiger partial charge is 0.507 e. The number of carboxylic acids is 2. The van der Waals surface area contributed by atoms with Crippen LogP contribution in [0.15, 0.2) is 190 Å². The van der Waals surface area contributed by atoms with Crippen molar-refractivity contribution < 1.29 is 39.5 Å². The Morgan fingerprint density at radius 3 is 1.29 bits per heavy atom. The number of pyridine rings is 2. The number of nitrogens with zero attached hydrogens (tertiary/aromatic N) is 4. The number of aromatic amines is 2. The molecule has 2 aliphatic rings. The van der Waals surface area contributed by atoms with Gasteiger partial charge < -0.3 is 49.7 Å². The van der Waals surface area contributed by atoms with Crippen LogP contribution >= 0.6 is 22.7 Å². The first-order valence-corrected chi connectivity index (χ1v) is 32.5. The number of carbonyl (C=O) groups is 2. The van der Waals surface area contributed by atoms with Gasteiger partial charge in [-0.15, -0.1) is 22.7 Å². The molecule has 14 rings (SSSR count). The van der Waals surface area contributed by atoms with Gasteiger partial charge in [0.1, 0.15) is 34.1 Å². The first-order chi connectivity index (χ1) is 44.4. The van der Waals surface area contributed by atoms with E-state index in [1.54, 1.807) is 60.7 Å². The van der Waals surface area contributed by atoms with E-state index in [1.807, 2.05) is 71.2 Å². The number of nitrogens with one attached hydrogen (secondary N) is 2. The van der Waals surface area contributed by atoms with Gasteiger partial charge in [-0.25, -0.2) is 9.59 Å². The molecule has 2 fully saturated rings. The standard InChI is InChI=1S/2C25H27N3O2S.C23H16O6/c2*29-25-9-7-19-6-8-20(18-22(19)26-25)30-16-2-1-11-27-12-14-28(15-13-27)23-4-3-5-24-21(23)10-17-31-24;24-20-16(14-7-3-1-5-12(14)9-18(20)22(26)27)11-17-15-8-4-2-6-13(15)10-19(21(17)25)23(28)29/h2*3-10,17-18H,1-2,11-16H2,(H,26,29);1-10,24-25H,11H2,(H,26,27)(H,28,29). The number of fused-ring (bicyclic) bond motifs is 6. The maximum absolute atomic E-state index is 11.6. The number of piperazine rings is 2. The Balaban J connectivity index is 0.000000132. The number of carboxylic acid groups (broad SMARTS) is 2. The van der Waals surface area contributed by atoms with Gasteiger partial charge in [0.15, 0.2) is 0 Å². The van der Waals surface area contributed by atoms with Crippen LogP contribution < -0.4 is 30.4 Å². The molecule has 0 atom stereocenters. The first kappa shape index (κ1) is 61.5. The number of anilines is 2. The summed E-state index contributed by atoms with van der Waals surface area (Å²) in [5.74, 6) is -1.73. The summed E-state index contributed by atoms with van der Waals surface area (Å²) in [4.78, 5) is 62.1. The van der Waals surface area contributed by atoms with Crippen molar-refractivity contribution in [2.75, 3.05) is 88.5 Å². The second-order valence-corrected chi connectivity index (χ2v) is 24.8. The van der Waals surface area contributed by atoms with Gasteiger partial charge in [0, 0.05) is 126 Å². The number of ether oxygens (including phenoxy) is 2. The molecular formula is C73H70N6O10S2. The monoisotopic (exact) mass is 1250 g/mol. The zero-order valence-electron chi connectivity index (χ0n) is 50.2. The van der Waals surface area contributed by atoms with Crippen LogP contribution in [0.4, 0.5) is 11.4 Å². The number of rotatable bonds is 18. The summed E-state index contributed by atoms with van der Waals surface area (Å²) in [7, 11) is 0. The number of aromatic carboxylic acids is 2. The van der Waals surface area contributed by atoms with E-state index >= 15 is 0 Å². The molecule has 0 radical (unpaired) electrons. The first-order valence-electron chi connectivity index (χ1n) is 30.7. The van der Waals surface area contributed by atoms with Gasteiger partial charge in [0.05, 0.1) is 24.2 Å². The van der Waals surface area contributed by atoms with E-state index in [2.05, 4.69) is 88.9 Å². The molecule has 12 aromatic rings. The van der Waals surface area contributed by atoms with Crippen LogP contribution in [0.3, 0.4) is 0 Å². The highest BCUT2D eigenvalue weighted by Crippen LogP contribution is 2.40. The number of benzene rings is 8. The maximum Gasteiger partial charge on any atom is 0.339 e. The zero-order valence-corrected chi connectivity index (χ0v) is 51.8. The Bertz CT molecular complexity index is 4400. The molecule has 0 spiro atoms. The van der Waals surface area contributed by atoms with Gasteiger partial charge in [-0.05, 0) is 167 Å². The predicted molar refractivity (Wildman–Crippen MR) is 368 cm³/mol. The van der Waals surface area contributed by atoms with Crippen LogP contribution in [0.25, 0.3) is 63.5 Å². The van der Waals surface area contributed by atoms with Gasteiger partial charge >= 0.3 is 11.9 Å². The highest BCUT2D eigenvalue weighted by Gasteiger charge is 2.24. The summed E-state index contributed by atoms with van der Waals surface area (Å²) >= 11 is 3.63. The van der Waals surface area contributed by atoms with Gasteiger partial charge in [-0.1, -0.05) is 60.7 Å². The van der Waals surface area contributed by atoms with Crippen molar-refractivity contribution in [3.63, 3.8) is 0 Å². The van der Waals surface area contributed by atoms with E-state index in [0.717, 1.165) is 124 Å². The number of aromatic hydroxyl groups is 2. The molecule has 0 aliphatic carbocycles. The molecule has 2 aliphatic heterocycles. The lowest BCUT2D eigenvalue weighted by Crippen LogP contribution is -2.46. The molecule has 6 N–H and O–H groups in total. The van der Waals surface area contributed by atoms with Crippen molar-refractivity contribution in [1.82, 2.24) is 19.8 Å². The highest BCUT2D eigenvalue weighted by molar-refractivity contribution is 7.17. The predicted octanol–water partition coefficient (Wildman–Crippen LogP) is 13.8. The second kappa shape index (κ2) is 28.4. The molecule has 18 heteroatoms. The van der Waals surface area contributed by atoms with E-state index in [-0.39, 0.29) is 28.7 Å². The smallest absolute Gasteiger partial charge is 0.339 e. The average molecular weight is 1260 g/mol. The summed E-state index contributed by atoms with van der Waals surface area (Å²) in [6.07, 6.45) is 4.27. The van der Waals surface area contributed by atoms with Crippen LogP contribution in [-0.2, 0) is 6.42 Å². The fourth-order valence-electron chi connectivity index (χ4n) is 12.3. The van der Waals surface area contributed by atoms with Crippen molar-refractivity contribution in [2.24, 2.45) is 0 Å². The third kappa shape index (κ3) is 14.5. The van der Waals surface area contributed by atoms with Crippen LogP contribution in [-0.4, -0.2) is 131 Å². The van der Waals surface area contributed by atoms with Gasteiger partial charge in [0.2, 0.25) is 11.1 Å². The molecule has 2 saturated heterocycles. The van der Waals surface area contributed by atoms with Crippen molar-refractivity contribution >= 4 is 110 Å². The molecular weight excluding hydrogens is 1180 g/mol. The number of thiophene rings is 2. The average Bonchev–Trinajstić information content (AvgIpc) is 1.47. The molecule has 0 bridgehead atoms. The molecule has 6 heterocycles. The molecule has 91 heavy (non-hydrogen) atoms. The van der Waals surface area contributed by atoms with E-state index < -0.39 is 23.4 Å². The van der Waals surface area contributed by atoms with Crippen molar-refractivity contribution in [3.05, 3.63) is 224 Å². The van der Waals surface area contributed by atoms with Gasteiger partial charge in [-0.3, -0.25) is 19.4 Å². The van der Waals surface area contributed by atoms with Crippen molar-refractivity contribution in [3.8, 4) is 23.0 Å². The molecule has 0 unspecified atom stereocenters. The normalized spacial score (nSPS) is 13.8. The highest BCUT2D eigenvalue weighted by atomic mass is 32.1. The fourth-order valence-corrected chi connectivity index (χ4v) is 13.9. The van der Waals surface area contributed by atoms with E-state index in [1.165, 1.54) is 43.7 Å². The Labute approximate surface area is 533 Å². The number of phenols is 2.